The Labute approximate surface area is 180 Å². The lowest BCUT2D eigenvalue weighted by atomic mass is 10.1. The molecule has 0 spiro atoms. The van der Waals surface area contributed by atoms with Gasteiger partial charge in [-0.1, -0.05) is 48.5 Å². The Kier molecular flexibility index (Phi) is 5.98. The van der Waals surface area contributed by atoms with E-state index in [9.17, 15) is 9.59 Å². The number of hydrogen-bond donors (Lipinski definition) is 2. The van der Waals surface area contributed by atoms with Crippen LogP contribution in [0, 0.1) is 0 Å². The summed E-state index contributed by atoms with van der Waals surface area (Å²) in [6.07, 6.45) is 1.68. The van der Waals surface area contributed by atoms with E-state index < -0.39 is 0 Å². The van der Waals surface area contributed by atoms with E-state index in [4.69, 9.17) is 9.47 Å². The lowest BCUT2D eigenvalue weighted by Crippen LogP contribution is -2.26. The van der Waals surface area contributed by atoms with Crippen LogP contribution in [0.2, 0.25) is 0 Å². The van der Waals surface area contributed by atoms with Crippen LogP contribution in [0.15, 0.2) is 78.6 Å². The topological polar surface area (TPSA) is 76.7 Å². The normalized spacial score (nSPS) is 13.7. The molecule has 6 nitrogen and oxygen atoms in total. The molecule has 0 aromatic heterocycles. The average Bonchev–Trinajstić information content (AvgIpc) is 2.79. The van der Waals surface area contributed by atoms with Gasteiger partial charge in [0.1, 0.15) is 5.75 Å². The van der Waals surface area contributed by atoms with E-state index in [0.717, 1.165) is 16.9 Å². The predicted molar refractivity (Wildman–Crippen MR) is 119 cm³/mol. The zero-order valence-electron chi connectivity index (χ0n) is 17.1. The highest BCUT2D eigenvalue weighted by molar-refractivity contribution is 6.09. The third-order valence-corrected chi connectivity index (χ3v) is 4.74. The Hall–Kier alpha value is -4.06. The molecular weight excluding hydrogens is 392 g/mol. The third-order valence-electron chi connectivity index (χ3n) is 4.74. The van der Waals surface area contributed by atoms with Crippen molar-refractivity contribution in [3.05, 3.63) is 95.2 Å². The minimum Gasteiger partial charge on any atom is -0.494 e. The average molecular weight is 414 g/mol. The van der Waals surface area contributed by atoms with Crippen molar-refractivity contribution in [2.75, 3.05) is 11.9 Å². The minimum absolute atomic E-state index is 0.198. The monoisotopic (exact) mass is 414 g/mol. The summed E-state index contributed by atoms with van der Waals surface area (Å²) in [5.41, 5.74) is 2.63. The highest BCUT2D eigenvalue weighted by Crippen LogP contribution is 2.32. The second kappa shape index (κ2) is 9.17. The summed E-state index contributed by atoms with van der Waals surface area (Å²) >= 11 is 0. The van der Waals surface area contributed by atoms with Gasteiger partial charge >= 0.3 is 0 Å². The first-order chi connectivity index (χ1) is 15.1. The number of ether oxygens (including phenoxy) is 2. The van der Waals surface area contributed by atoms with Gasteiger partial charge in [-0.2, -0.15) is 0 Å². The smallest absolute Gasteiger partial charge is 0.291 e. The second-order valence-electron chi connectivity index (χ2n) is 6.91. The molecule has 0 radical (unpaired) electrons. The minimum atomic E-state index is -0.362. The molecule has 0 unspecified atom stereocenters. The van der Waals surface area contributed by atoms with E-state index in [1.807, 2.05) is 61.5 Å². The Morgan fingerprint density at radius 2 is 1.84 bits per heavy atom. The van der Waals surface area contributed by atoms with Gasteiger partial charge in [-0.15, -0.1) is 0 Å². The predicted octanol–water partition coefficient (Wildman–Crippen LogP) is 4.39. The summed E-state index contributed by atoms with van der Waals surface area (Å²) < 4.78 is 11.3. The number of amides is 2. The van der Waals surface area contributed by atoms with Crippen molar-refractivity contribution in [1.82, 2.24) is 5.32 Å². The van der Waals surface area contributed by atoms with Crippen LogP contribution < -0.4 is 20.1 Å². The summed E-state index contributed by atoms with van der Waals surface area (Å²) in [5, 5.41) is 5.68. The maximum Gasteiger partial charge on any atom is 0.291 e. The van der Waals surface area contributed by atoms with Crippen LogP contribution in [0.25, 0.3) is 6.08 Å². The van der Waals surface area contributed by atoms with E-state index in [-0.39, 0.29) is 17.6 Å². The molecule has 0 atom stereocenters. The lowest BCUT2D eigenvalue weighted by molar-refractivity contribution is -0.115. The molecule has 1 aliphatic rings. The van der Waals surface area contributed by atoms with Gasteiger partial charge in [0.05, 0.1) is 12.3 Å². The van der Waals surface area contributed by atoms with Gasteiger partial charge in [0.2, 0.25) is 0 Å². The molecule has 156 valence electrons. The van der Waals surface area contributed by atoms with Gasteiger partial charge in [-0.05, 0) is 42.8 Å². The highest BCUT2D eigenvalue weighted by atomic mass is 16.5. The number of hydrogen-bond acceptors (Lipinski definition) is 4. The van der Waals surface area contributed by atoms with Crippen LogP contribution in [-0.4, -0.2) is 18.4 Å². The van der Waals surface area contributed by atoms with Crippen molar-refractivity contribution in [3.63, 3.8) is 0 Å². The van der Waals surface area contributed by atoms with Crippen molar-refractivity contribution in [1.29, 1.82) is 0 Å². The largest absolute Gasteiger partial charge is 0.494 e. The first kappa shape index (κ1) is 20.2. The van der Waals surface area contributed by atoms with Crippen LogP contribution in [0.4, 0.5) is 5.69 Å². The van der Waals surface area contributed by atoms with Crippen molar-refractivity contribution in [2.24, 2.45) is 0 Å². The Morgan fingerprint density at radius 3 is 2.65 bits per heavy atom. The van der Waals surface area contributed by atoms with Crippen LogP contribution in [-0.2, 0) is 11.3 Å². The van der Waals surface area contributed by atoms with Gasteiger partial charge < -0.3 is 20.1 Å². The Bertz CT molecular complexity index is 1140. The molecular formula is C25H22N2O4. The van der Waals surface area contributed by atoms with Gasteiger partial charge in [0.15, 0.2) is 11.5 Å². The molecule has 1 aliphatic heterocycles. The fourth-order valence-corrected chi connectivity index (χ4v) is 3.23. The molecule has 31 heavy (non-hydrogen) atoms. The fraction of sp³-hybridized carbons (Fsp3) is 0.120. The summed E-state index contributed by atoms with van der Waals surface area (Å²) in [7, 11) is 0. The Balaban J connectivity index is 1.47. The quantitative estimate of drug-likeness (QED) is 0.587. The van der Waals surface area contributed by atoms with Crippen LogP contribution in [0.5, 0.6) is 11.5 Å². The molecule has 6 heteroatoms. The molecule has 0 fully saturated rings. The van der Waals surface area contributed by atoms with E-state index >= 15 is 0 Å². The second-order valence-corrected chi connectivity index (χ2v) is 6.91. The number of carbonyl (C=O) groups is 2. The van der Waals surface area contributed by atoms with E-state index in [1.165, 1.54) is 0 Å². The van der Waals surface area contributed by atoms with Crippen LogP contribution in [0.3, 0.4) is 0 Å². The van der Waals surface area contributed by atoms with E-state index in [1.54, 1.807) is 24.3 Å². The van der Waals surface area contributed by atoms with Crippen LogP contribution >= 0.6 is 0 Å². The molecule has 0 saturated heterocycles. The highest BCUT2D eigenvalue weighted by Gasteiger charge is 2.23. The SMILES string of the molecule is CCOc1ccccc1CNC(=O)c1ccc2c(c1)NC(=O)C(=Cc1ccccc1)O2. The molecule has 0 bridgehead atoms. The number of anilines is 1. The first-order valence-corrected chi connectivity index (χ1v) is 10.0. The maximum absolute atomic E-state index is 12.6. The molecule has 0 aliphatic carbocycles. The van der Waals surface area contributed by atoms with Crippen molar-refractivity contribution in [3.8, 4) is 11.5 Å². The summed E-state index contributed by atoms with van der Waals surface area (Å²) in [6.45, 7) is 2.80. The first-order valence-electron chi connectivity index (χ1n) is 10.0. The summed E-state index contributed by atoms with van der Waals surface area (Å²) in [6, 6.07) is 22.0. The summed E-state index contributed by atoms with van der Waals surface area (Å²) in [5.74, 6) is 0.811. The van der Waals surface area contributed by atoms with E-state index in [2.05, 4.69) is 10.6 Å². The van der Waals surface area contributed by atoms with Crippen LogP contribution in [0.1, 0.15) is 28.4 Å². The van der Waals surface area contributed by atoms with Crippen molar-refractivity contribution < 1.29 is 19.1 Å². The molecule has 1 heterocycles. The molecule has 4 rings (SSSR count). The standard InChI is InChI=1S/C25H22N2O4/c1-2-30-21-11-7-6-10-19(21)16-26-24(28)18-12-13-22-20(15-18)27-25(29)23(31-22)14-17-8-4-3-5-9-17/h3-15H,2,16H2,1H3,(H,26,28)(H,27,29). The van der Waals surface area contributed by atoms with E-state index in [0.29, 0.717) is 30.2 Å². The number of carbonyl (C=O) groups excluding carboxylic acids is 2. The number of para-hydroxylation sites is 1. The number of nitrogens with one attached hydrogen (secondary N) is 2. The number of rotatable bonds is 6. The zero-order chi connectivity index (χ0) is 21.6. The summed E-state index contributed by atoms with van der Waals surface area (Å²) in [4.78, 5) is 25.1. The van der Waals surface area contributed by atoms with Gasteiger partial charge in [0.25, 0.3) is 11.8 Å². The van der Waals surface area contributed by atoms with Gasteiger partial charge in [0, 0.05) is 17.7 Å². The zero-order valence-corrected chi connectivity index (χ0v) is 17.1. The number of fused-ring (bicyclic) bond motifs is 1. The van der Waals surface area contributed by atoms with Crippen molar-refractivity contribution in [2.45, 2.75) is 13.5 Å². The molecule has 3 aromatic carbocycles. The van der Waals surface area contributed by atoms with Gasteiger partial charge in [-0.3, -0.25) is 9.59 Å². The number of benzene rings is 3. The molecule has 2 amide bonds. The van der Waals surface area contributed by atoms with Crippen molar-refractivity contribution >= 4 is 23.6 Å². The molecule has 3 aromatic rings. The third kappa shape index (κ3) is 4.75. The Morgan fingerprint density at radius 1 is 1.06 bits per heavy atom. The van der Waals surface area contributed by atoms with Gasteiger partial charge in [-0.25, -0.2) is 0 Å². The molecule has 0 saturated carbocycles. The maximum atomic E-state index is 12.6. The lowest BCUT2D eigenvalue weighted by Gasteiger charge is -2.20. The fourth-order valence-electron chi connectivity index (χ4n) is 3.23. The molecule has 2 N–H and O–H groups in total.